The summed E-state index contributed by atoms with van der Waals surface area (Å²) in [6.07, 6.45) is 12.2. The van der Waals surface area contributed by atoms with Gasteiger partial charge in [-0.1, -0.05) is 39.7 Å². The maximum Gasteiger partial charge on any atom is 0.137 e. The minimum atomic E-state index is -1.56. The molecule has 1 aromatic carbocycles. The second-order valence-corrected chi connectivity index (χ2v) is 17.2. The standard InChI is InChI=1S/C31H46O2Si/c1-5-34(6-2,7-3)21-20-31(32)19-17-29-28-14-12-23-22-25(33-24-10-8-9-11-24)13-15-26(23)27(28)16-18-30(29,31)4/h13,15,22,24,27-29,32H,5-12,14,16-19H2,1-4H3/t27-,28-,29+,30+,31-/m1/s1. The van der Waals surface area contributed by atoms with Crippen LogP contribution in [0.5, 0.6) is 5.75 Å². The SMILES string of the molecule is CC[Si](C#C[C@]1(O)CC[C@H]2[C@@H]3CCc4cc(OC5CCCC5)ccc4[C@H]3CC[C@@]21C)(CC)CC. The Bertz CT molecular complexity index is 942. The van der Waals surface area contributed by atoms with E-state index in [9.17, 15) is 5.11 Å². The number of ether oxygens (including phenoxy) is 1. The molecular formula is C31H46O2Si. The molecule has 186 valence electrons. The van der Waals surface area contributed by atoms with Gasteiger partial charge in [0, 0.05) is 5.41 Å². The molecule has 0 bridgehead atoms. The lowest BCUT2D eigenvalue weighted by atomic mass is 9.53. The van der Waals surface area contributed by atoms with Crippen molar-refractivity contribution in [2.75, 3.05) is 0 Å². The Morgan fingerprint density at radius 2 is 1.74 bits per heavy atom. The van der Waals surface area contributed by atoms with Crippen molar-refractivity contribution in [2.45, 2.75) is 128 Å². The van der Waals surface area contributed by atoms with Crippen molar-refractivity contribution in [1.29, 1.82) is 0 Å². The molecule has 1 N–H and O–H groups in total. The maximum absolute atomic E-state index is 12.0. The monoisotopic (exact) mass is 478 g/mol. The lowest BCUT2D eigenvalue weighted by Crippen LogP contribution is -2.50. The molecule has 3 saturated carbocycles. The summed E-state index contributed by atoms with van der Waals surface area (Å²) in [5.74, 6) is 6.61. The van der Waals surface area contributed by atoms with Gasteiger partial charge in [-0.15, -0.1) is 5.54 Å². The molecule has 1 aromatic rings. The average molecular weight is 479 g/mol. The largest absolute Gasteiger partial charge is 0.490 e. The molecule has 3 heteroatoms. The van der Waals surface area contributed by atoms with Crippen molar-refractivity contribution in [3.8, 4) is 17.2 Å². The Morgan fingerprint density at radius 1 is 1.00 bits per heavy atom. The van der Waals surface area contributed by atoms with Gasteiger partial charge >= 0.3 is 0 Å². The third kappa shape index (κ3) is 3.98. The van der Waals surface area contributed by atoms with Gasteiger partial charge in [0.25, 0.3) is 0 Å². The van der Waals surface area contributed by atoms with Gasteiger partial charge in [-0.25, -0.2) is 0 Å². The molecule has 0 saturated heterocycles. The van der Waals surface area contributed by atoms with Crippen molar-refractivity contribution in [3.63, 3.8) is 0 Å². The normalized spacial score (nSPS) is 35.1. The fourth-order valence-corrected chi connectivity index (χ4v) is 10.8. The summed E-state index contributed by atoms with van der Waals surface area (Å²) in [5, 5.41) is 12.0. The van der Waals surface area contributed by atoms with Crippen molar-refractivity contribution < 1.29 is 9.84 Å². The van der Waals surface area contributed by atoms with Crippen LogP contribution < -0.4 is 4.74 Å². The van der Waals surface area contributed by atoms with Crippen LogP contribution in [-0.2, 0) is 6.42 Å². The molecule has 5 atom stereocenters. The van der Waals surface area contributed by atoms with E-state index >= 15 is 0 Å². The Kier molecular flexibility index (Phi) is 6.71. The van der Waals surface area contributed by atoms with E-state index in [4.69, 9.17) is 4.74 Å². The molecule has 0 heterocycles. The topological polar surface area (TPSA) is 29.5 Å². The molecule has 5 rings (SSSR count). The van der Waals surface area contributed by atoms with Gasteiger partial charge in [0.15, 0.2) is 0 Å². The van der Waals surface area contributed by atoms with Crippen molar-refractivity contribution in [2.24, 2.45) is 17.3 Å². The number of aliphatic hydroxyl groups is 1. The van der Waals surface area contributed by atoms with E-state index < -0.39 is 13.7 Å². The Morgan fingerprint density at radius 3 is 2.44 bits per heavy atom. The molecule has 4 aliphatic rings. The quantitative estimate of drug-likeness (QED) is 0.348. The van der Waals surface area contributed by atoms with E-state index in [1.807, 2.05) is 0 Å². The molecule has 0 spiro atoms. The lowest BCUT2D eigenvalue weighted by molar-refractivity contribution is -0.0647. The number of hydrogen-bond donors (Lipinski definition) is 1. The molecule has 4 aliphatic carbocycles. The van der Waals surface area contributed by atoms with Gasteiger partial charge in [-0.2, -0.15) is 0 Å². The predicted octanol–water partition coefficient (Wildman–Crippen LogP) is 7.65. The smallest absolute Gasteiger partial charge is 0.137 e. The molecule has 0 aliphatic heterocycles. The van der Waals surface area contributed by atoms with Gasteiger partial charge in [-0.05, 0) is 123 Å². The summed E-state index contributed by atoms with van der Waals surface area (Å²) < 4.78 is 6.33. The predicted molar refractivity (Wildman–Crippen MR) is 144 cm³/mol. The van der Waals surface area contributed by atoms with Crippen molar-refractivity contribution in [1.82, 2.24) is 0 Å². The van der Waals surface area contributed by atoms with Crippen LogP contribution in [-0.4, -0.2) is 24.9 Å². The fourth-order valence-electron chi connectivity index (χ4n) is 8.30. The highest BCUT2D eigenvalue weighted by Gasteiger charge is 2.61. The van der Waals surface area contributed by atoms with Gasteiger partial charge in [0.1, 0.15) is 19.4 Å². The zero-order chi connectivity index (χ0) is 24.0. The van der Waals surface area contributed by atoms with E-state index in [0.717, 1.165) is 31.4 Å². The molecule has 2 nitrogen and oxygen atoms in total. The first-order valence-electron chi connectivity index (χ1n) is 14.4. The maximum atomic E-state index is 12.0. The molecule has 0 unspecified atom stereocenters. The first-order chi connectivity index (χ1) is 16.4. The third-order valence-electron chi connectivity index (χ3n) is 11.0. The van der Waals surface area contributed by atoms with Crippen LogP contribution in [0.2, 0.25) is 18.1 Å². The fraction of sp³-hybridized carbons (Fsp3) is 0.742. The molecule has 0 amide bonds. The van der Waals surface area contributed by atoms with Gasteiger partial charge in [0.2, 0.25) is 0 Å². The van der Waals surface area contributed by atoms with Crippen LogP contribution in [0.1, 0.15) is 103 Å². The van der Waals surface area contributed by atoms with Gasteiger partial charge < -0.3 is 9.84 Å². The van der Waals surface area contributed by atoms with E-state index in [0.29, 0.717) is 23.9 Å². The molecule has 0 aromatic heterocycles. The van der Waals surface area contributed by atoms with Crippen LogP contribution in [0.25, 0.3) is 0 Å². The molecule has 3 fully saturated rings. The molecule has 34 heavy (non-hydrogen) atoms. The Balaban J connectivity index is 1.36. The minimum absolute atomic E-state index is 0.0560. The zero-order valence-electron chi connectivity index (χ0n) is 22.1. The van der Waals surface area contributed by atoms with Gasteiger partial charge in [0.05, 0.1) is 6.10 Å². The average Bonchev–Trinajstić information content (AvgIpc) is 3.46. The summed E-state index contributed by atoms with van der Waals surface area (Å²) in [4.78, 5) is 0. The molecule has 0 radical (unpaired) electrons. The summed E-state index contributed by atoms with van der Waals surface area (Å²) >= 11 is 0. The van der Waals surface area contributed by atoms with E-state index in [1.165, 1.54) is 62.2 Å². The lowest BCUT2D eigenvalue weighted by Gasteiger charge is -2.52. The summed E-state index contributed by atoms with van der Waals surface area (Å²) in [6, 6.07) is 10.6. The van der Waals surface area contributed by atoms with E-state index in [-0.39, 0.29) is 5.41 Å². The second-order valence-electron chi connectivity index (χ2n) is 12.2. The summed E-state index contributed by atoms with van der Waals surface area (Å²) in [6.45, 7) is 9.32. The van der Waals surface area contributed by atoms with E-state index in [1.54, 1.807) is 5.56 Å². The first kappa shape index (κ1) is 24.5. The Hall–Kier alpha value is -1.24. The zero-order valence-corrected chi connectivity index (χ0v) is 23.1. The Labute approximate surface area is 209 Å². The van der Waals surface area contributed by atoms with Gasteiger partial charge in [-0.3, -0.25) is 0 Å². The number of aryl methyl sites for hydroxylation is 1. The number of benzene rings is 1. The summed E-state index contributed by atoms with van der Waals surface area (Å²) in [7, 11) is -1.56. The number of hydrogen-bond acceptors (Lipinski definition) is 2. The second kappa shape index (κ2) is 9.33. The molecular weight excluding hydrogens is 432 g/mol. The summed E-state index contributed by atoms with van der Waals surface area (Å²) in [5.41, 5.74) is 6.03. The minimum Gasteiger partial charge on any atom is -0.490 e. The van der Waals surface area contributed by atoms with Crippen LogP contribution in [0.4, 0.5) is 0 Å². The highest BCUT2D eigenvalue weighted by atomic mass is 28.3. The van der Waals surface area contributed by atoms with Crippen LogP contribution in [0, 0.1) is 28.7 Å². The highest BCUT2D eigenvalue weighted by molar-refractivity contribution is 6.87. The van der Waals surface area contributed by atoms with E-state index in [2.05, 4.69) is 57.4 Å². The number of fused-ring (bicyclic) bond motifs is 5. The number of rotatable bonds is 5. The van der Waals surface area contributed by atoms with Crippen LogP contribution >= 0.6 is 0 Å². The first-order valence-corrected chi connectivity index (χ1v) is 17.1. The van der Waals surface area contributed by atoms with Crippen molar-refractivity contribution in [3.05, 3.63) is 29.3 Å². The third-order valence-corrected chi connectivity index (χ3v) is 15.7. The van der Waals surface area contributed by atoms with Crippen molar-refractivity contribution >= 4 is 8.07 Å². The highest BCUT2D eigenvalue weighted by Crippen LogP contribution is 2.64. The van der Waals surface area contributed by atoms with Crippen LogP contribution in [0.15, 0.2) is 18.2 Å². The van der Waals surface area contributed by atoms with Crippen LogP contribution in [0.3, 0.4) is 0 Å².